The summed E-state index contributed by atoms with van der Waals surface area (Å²) in [6, 6.07) is 3.34. The summed E-state index contributed by atoms with van der Waals surface area (Å²) >= 11 is 5.76. The number of carboxylic acids is 1. The third kappa shape index (κ3) is 2.81. The number of halogens is 1. The lowest BCUT2D eigenvalue weighted by Gasteiger charge is -2.33. The topological polar surface area (TPSA) is 77.8 Å². The number of benzene rings is 1. The maximum absolute atomic E-state index is 12.3. The van der Waals surface area contributed by atoms with Crippen LogP contribution in [-0.2, 0) is 4.79 Å². The quantitative estimate of drug-likeness (QED) is 0.871. The Hall–Kier alpha value is -1.75. The number of rotatable bonds is 2. The summed E-state index contributed by atoms with van der Waals surface area (Å²) in [5.74, 6) is -1.46. The summed E-state index contributed by atoms with van der Waals surface area (Å²) in [7, 11) is 0. The second kappa shape index (κ2) is 5.48. The number of phenolic OH excluding ortho intramolecular Hbond substituents is 1. The van der Waals surface area contributed by atoms with E-state index in [0.717, 1.165) is 12.8 Å². The van der Waals surface area contributed by atoms with Gasteiger partial charge in [-0.2, -0.15) is 0 Å². The lowest BCUT2D eigenvalue weighted by atomic mass is 10.0. The molecule has 0 unspecified atom stereocenters. The van der Waals surface area contributed by atoms with Crippen molar-refractivity contribution < 1.29 is 19.8 Å². The molecule has 1 aliphatic rings. The normalized spacial score (nSPS) is 19.2. The van der Waals surface area contributed by atoms with E-state index in [1.165, 1.54) is 23.1 Å². The van der Waals surface area contributed by atoms with E-state index in [4.69, 9.17) is 16.7 Å². The van der Waals surface area contributed by atoms with Crippen molar-refractivity contribution in [3.05, 3.63) is 28.8 Å². The number of carbonyl (C=O) groups is 2. The number of hydrogen-bond acceptors (Lipinski definition) is 3. The Morgan fingerprint density at radius 1 is 1.32 bits per heavy atom. The van der Waals surface area contributed by atoms with Crippen LogP contribution in [0.25, 0.3) is 0 Å². The highest BCUT2D eigenvalue weighted by atomic mass is 35.5. The van der Waals surface area contributed by atoms with Crippen LogP contribution in [0.2, 0.25) is 5.02 Å². The van der Waals surface area contributed by atoms with E-state index in [-0.39, 0.29) is 22.2 Å². The Balaban J connectivity index is 2.26. The van der Waals surface area contributed by atoms with Gasteiger partial charge in [0.25, 0.3) is 5.91 Å². The van der Waals surface area contributed by atoms with Gasteiger partial charge in [0.1, 0.15) is 11.8 Å². The highest BCUT2D eigenvalue weighted by molar-refractivity contribution is 6.32. The molecule has 1 atom stereocenters. The van der Waals surface area contributed by atoms with Crippen LogP contribution in [0.4, 0.5) is 0 Å². The summed E-state index contributed by atoms with van der Waals surface area (Å²) < 4.78 is 0. The molecule has 0 aromatic heterocycles. The van der Waals surface area contributed by atoms with Gasteiger partial charge in [0, 0.05) is 12.1 Å². The van der Waals surface area contributed by atoms with Crippen LogP contribution in [-0.4, -0.2) is 39.6 Å². The maximum atomic E-state index is 12.3. The lowest BCUT2D eigenvalue weighted by Crippen LogP contribution is -2.47. The molecular weight excluding hydrogens is 270 g/mol. The van der Waals surface area contributed by atoms with Crippen molar-refractivity contribution in [2.45, 2.75) is 25.3 Å². The van der Waals surface area contributed by atoms with E-state index in [1.54, 1.807) is 0 Å². The summed E-state index contributed by atoms with van der Waals surface area (Å²) in [4.78, 5) is 24.8. The molecule has 2 rings (SSSR count). The number of nitrogens with zero attached hydrogens (tertiary/aromatic N) is 1. The first-order valence-electron chi connectivity index (χ1n) is 6.03. The lowest BCUT2D eigenvalue weighted by molar-refractivity contribution is -0.143. The van der Waals surface area contributed by atoms with Crippen molar-refractivity contribution in [2.75, 3.05) is 6.54 Å². The second-order valence-electron chi connectivity index (χ2n) is 4.51. The molecule has 2 N–H and O–H groups in total. The van der Waals surface area contributed by atoms with E-state index >= 15 is 0 Å². The number of aliphatic carboxylic acids is 1. The Bertz CT molecular complexity index is 517. The van der Waals surface area contributed by atoms with Crippen LogP contribution in [0.1, 0.15) is 29.6 Å². The average molecular weight is 284 g/mol. The number of carbonyl (C=O) groups excluding carboxylic acids is 1. The summed E-state index contributed by atoms with van der Waals surface area (Å²) in [5, 5.41) is 18.5. The molecule has 0 bridgehead atoms. The largest absolute Gasteiger partial charge is 0.506 e. The number of piperidine rings is 1. The third-order valence-corrected chi connectivity index (χ3v) is 3.55. The Labute approximate surface area is 115 Å². The van der Waals surface area contributed by atoms with Crippen LogP contribution in [0.15, 0.2) is 18.2 Å². The molecule has 1 amide bonds. The average Bonchev–Trinajstić information content (AvgIpc) is 2.41. The van der Waals surface area contributed by atoms with E-state index < -0.39 is 12.0 Å². The zero-order valence-corrected chi connectivity index (χ0v) is 10.9. The van der Waals surface area contributed by atoms with Gasteiger partial charge in [0.15, 0.2) is 0 Å². The smallest absolute Gasteiger partial charge is 0.326 e. The molecule has 1 fully saturated rings. The molecule has 1 heterocycles. The van der Waals surface area contributed by atoms with Crippen molar-refractivity contribution >= 4 is 23.5 Å². The monoisotopic (exact) mass is 283 g/mol. The number of amides is 1. The highest BCUT2D eigenvalue weighted by Gasteiger charge is 2.32. The first-order chi connectivity index (χ1) is 9.00. The first kappa shape index (κ1) is 13.7. The van der Waals surface area contributed by atoms with E-state index in [1.807, 2.05) is 0 Å². The van der Waals surface area contributed by atoms with Gasteiger partial charge in [-0.05, 0) is 37.5 Å². The van der Waals surface area contributed by atoms with Crippen molar-refractivity contribution in [3.63, 3.8) is 0 Å². The minimum Gasteiger partial charge on any atom is -0.506 e. The number of phenols is 1. The molecule has 6 heteroatoms. The van der Waals surface area contributed by atoms with E-state index in [9.17, 15) is 14.7 Å². The van der Waals surface area contributed by atoms with Crippen molar-refractivity contribution in [3.8, 4) is 5.75 Å². The van der Waals surface area contributed by atoms with Gasteiger partial charge in [-0.3, -0.25) is 4.79 Å². The molecule has 0 radical (unpaired) electrons. The molecule has 0 spiro atoms. The predicted octanol–water partition coefficient (Wildman–Crippen LogP) is 2.12. The Kier molecular flexibility index (Phi) is 3.95. The SMILES string of the molecule is O=C(O)[C@H]1CCCCN1C(=O)c1ccc(O)c(Cl)c1. The fraction of sp³-hybridized carbons (Fsp3) is 0.385. The molecule has 1 aliphatic heterocycles. The van der Waals surface area contributed by atoms with Gasteiger partial charge in [-0.25, -0.2) is 4.79 Å². The fourth-order valence-electron chi connectivity index (χ4n) is 2.24. The van der Waals surface area contributed by atoms with Gasteiger partial charge in [-0.1, -0.05) is 11.6 Å². The number of hydrogen-bond donors (Lipinski definition) is 2. The van der Waals surface area contributed by atoms with E-state index in [0.29, 0.717) is 13.0 Å². The highest BCUT2D eigenvalue weighted by Crippen LogP contribution is 2.26. The molecule has 5 nitrogen and oxygen atoms in total. The van der Waals surface area contributed by atoms with Gasteiger partial charge in [-0.15, -0.1) is 0 Å². The summed E-state index contributed by atoms with van der Waals surface area (Å²) in [6.07, 6.45) is 2.06. The van der Waals surface area contributed by atoms with Crippen molar-refractivity contribution in [1.29, 1.82) is 0 Å². The van der Waals surface area contributed by atoms with Crippen LogP contribution >= 0.6 is 11.6 Å². The van der Waals surface area contributed by atoms with Crippen molar-refractivity contribution in [2.24, 2.45) is 0 Å². The standard InChI is InChI=1S/C13H14ClNO4/c14-9-7-8(4-5-11(9)16)12(17)15-6-2-1-3-10(15)13(18)19/h4-5,7,10,16H,1-3,6H2,(H,18,19)/t10-/m1/s1. The van der Waals surface area contributed by atoms with Gasteiger partial charge in [0.05, 0.1) is 5.02 Å². The van der Waals surface area contributed by atoms with Crippen LogP contribution < -0.4 is 0 Å². The van der Waals surface area contributed by atoms with Crippen LogP contribution in [0.3, 0.4) is 0 Å². The second-order valence-corrected chi connectivity index (χ2v) is 4.92. The van der Waals surface area contributed by atoms with Crippen molar-refractivity contribution in [1.82, 2.24) is 4.90 Å². The first-order valence-corrected chi connectivity index (χ1v) is 6.41. The maximum Gasteiger partial charge on any atom is 0.326 e. The van der Waals surface area contributed by atoms with E-state index in [2.05, 4.69) is 0 Å². The Morgan fingerprint density at radius 2 is 2.05 bits per heavy atom. The van der Waals surface area contributed by atoms with Gasteiger partial charge < -0.3 is 15.1 Å². The van der Waals surface area contributed by atoms with Gasteiger partial charge >= 0.3 is 5.97 Å². The minimum atomic E-state index is -0.988. The Morgan fingerprint density at radius 3 is 2.68 bits per heavy atom. The third-order valence-electron chi connectivity index (χ3n) is 3.24. The zero-order valence-electron chi connectivity index (χ0n) is 10.2. The molecule has 0 aliphatic carbocycles. The predicted molar refractivity (Wildman–Crippen MR) is 69.4 cm³/mol. The minimum absolute atomic E-state index is 0.0785. The summed E-state index contributed by atoms with van der Waals surface area (Å²) in [6.45, 7) is 0.425. The molecular formula is C13H14ClNO4. The number of likely N-dealkylation sites (tertiary alicyclic amines) is 1. The zero-order chi connectivity index (χ0) is 14.0. The van der Waals surface area contributed by atoms with Crippen LogP contribution in [0, 0.1) is 0 Å². The fourth-order valence-corrected chi connectivity index (χ4v) is 2.42. The number of carboxylic acid groups (broad SMARTS) is 1. The number of aromatic hydroxyl groups is 1. The van der Waals surface area contributed by atoms with Crippen LogP contribution in [0.5, 0.6) is 5.75 Å². The molecule has 1 saturated heterocycles. The molecule has 19 heavy (non-hydrogen) atoms. The molecule has 0 saturated carbocycles. The molecule has 1 aromatic rings. The summed E-state index contributed by atoms with van der Waals surface area (Å²) in [5.41, 5.74) is 0.288. The van der Waals surface area contributed by atoms with Gasteiger partial charge in [0.2, 0.25) is 0 Å². The molecule has 102 valence electrons. The molecule has 1 aromatic carbocycles.